The minimum atomic E-state index is -0.993. The first-order valence-electron chi connectivity index (χ1n) is 2.77. The van der Waals surface area contributed by atoms with Crippen molar-refractivity contribution < 1.29 is 14.6 Å². The lowest BCUT2D eigenvalue weighted by atomic mass is 10.2. The molecule has 1 atom stereocenters. The Labute approximate surface area is 54.6 Å². The van der Waals surface area contributed by atoms with Crippen molar-refractivity contribution in [3.8, 4) is 0 Å². The standard InChI is InChI=1S/C6H11O3/c1-3-4-5(7)6(8)9-2/h5,7H,1,3-4H2,2H3. The van der Waals surface area contributed by atoms with Gasteiger partial charge in [0.05, 0.1) is 7.11 Å². The van der Waals surface area contributed by atoms with Crippen molar-refractivity contribution in [1.82, 2.24) is 0 Å². The first kappa shape index (κ1) is 8.43. The van der Waals surface area contributed by atoms with Crippen LogP contribution in [0.4, 0.5) is 0 Å². The maximum Gasteiger partial charge on any atom is 0.334 e. The van der Waals surface area contributed by atoms with E-state index in [2.05, 4.69) is 11.7 Å². The number of aliphatic hydroxyl groups is 1. The van der Waals surface area contributed by atoms with Gasteiger partial charge in [-0.1, -0.05) is 13.3 Å². The summed E-state index contributed by atoms with van der Waals surface area (Å²) >= 11 is 0. The lowest BCUT2D eigenvalue weighted by Gasteiger charge is -2.04. The molecule has 0 aromatic rings. The minimum absolute atomic E-state index is 0.368. The van der Waals surface area contributed by atoms with Crippen molar-refractivity contribution in [2.24, 2.45) is 0 Å². The third kappa shape index (κ3) is 3.08. The molecule has 0 aliphatic heterocycles. The monoisotopic (exact) mass is 131 g/mol. The smallest absolute Gasteiger partial charge is 0.334 e. The van der Waals surface area contributed by atoms with Crippen molar-refractivity contribution in [3.05, 3.63) is 6.92 Å². The van der Waals surface area contributed by atoms with Crippen LogP contribution in [-0.2, 0) is 9.53 Å². The third-order valence-corrected chi connectivity index (χ3v) is 0.951. The van der Waals surface area contributed by atoms with Gasteiger partial charge < -0.3 is 9.84 Å². The predicted molar refractivity (Wildman–Crippen MR) is 32.6 cm³/mol. The first-order chi connectivity index (χ1) is 4.22. The molecule has 0 aromatic heterocycles. The fourth-order valence-corrected chi connectivity index (χ4v) is 0.447. The average Bonchev–Trinajstić information content (AvgIpc) is 1.87. The van der Waals surface area contributed by atoms with Crippen molar-refractivity contribution in [3.63, 3.8) is 0 Å². The van der Waals surface area contributed by atoms with Gasteiger partial charge in [-0.2, -0.15) is 0 Å². The average molecular weight is 131 g/mol. The van der Waals surface area contributed by atoms with Gasteiger partial charge in [0.2, 0.25) is 0 Å². The molecule has 1 N–H and O–H groups in total. The maximum absolute atomic E-state index is 10.4. The molecule has 0 saturated heterocycles. The number of esters is 1. The van der Waals surface area contributed by atoms with Gasteiger partial charge in [0.1, 0.15) is 0 Å². The van der Waals surface area contributed by atoms with Crippen LogP contribution in [-0.4, -0.2) is 24.3 Å². The fraction of sp³-hybridized carbons (Fsp3) is 0.667. The number of carbonyl (C=O) groups is 1. The molecule has 0 heterocycles. The molecule has 1 radical (unpaired) electrons. The second-order valence-corrected chi connectivity index (χ2v) is 1.68. The number of methoxy groups -OCH3 is 1. The highest BCUT2D eigenvalue weighted by Gasteiger charge is 2.12. The number of ether oxygens (including phenoxy) is 1. The molecule has 0 bridgehead atoms. The van der Waals surface area contributed by atoms with E-state index in [1.807, 2.05) is 0 Å². The van der Waals surface area contributed by atoms with E-state index < -0.39 is 12.1 Å². The summed E-state index contributed by atoms with van der Waals surface area (Å²) in [5, 5.41) is 8.80. The molecule has 0 aromatic carbocycles. The van der Waals surface area contributed by atoms with Crippen molar-refractivity contribution in [1.29, 1.82) is 0 Å². The number of carbonyl (C=O) groups excluding carboxylic acids is 1. The molecular formula is C6H11O3. The van der Waals surface area contributed by atoms with Crippen LogP contribution in [0.2, 0.25) is 0 Å². The first-order valence-corrected chi connectivity index (χ1v) is 2.77. The highest BCUT2D eigenvalue weighted by molar-refractivity contribution is 5.74. The zero-order valence-electron chi connectivity index (χ0n) is 5.46. The van der Waals surface area contributed by atoms with Crippen LogP contribution in [0.1, 0.15) is 12.8 Å². The van der Waals surface area contributed by atoms with E-state index in [0.717, 1.165) is 0 Å². The van der Waals surface area contributed by atoms with Crippen LogP contribution in [0, 0.1) is 6.92 Å². The quantitative estimate of drug-likeness (QED) is 0.554. The van der Waals surface area contributed by atoms with E-state index in [1.165, 1.54) is 7.11 Å². The SMILES string of the molecule is [CH2]CCC(O)C(=O)OC. The van der Waals surface area contributed by atoms with E-state index in [4.69, 9.17) is 5.11 Å². The van der Waals surface area contributed by atoms with Crippen molar-refractivity contribution >= 4 is 5.97 Å². The summed E-state index contributed by atoms with van der Waals surface area (Å²) in [6.45, 7) is 3.47. The van der Waals surface area contributed by atoms with E-state index in [9.17, 15) is 4.79 Å². The number of hydrogen-bond donors (Lipinski definition) is 1. The van der Waals surface area contributed by atoms with Gasteiger partial charge in [-0.15, -0.1) is 0 Å². The molecule has 0 fully saturated rings. The Morgan fingerprint density at radius 1 is 1.89 bits per heavy atom. The zero-order valence-corrected chi connectivity index (χ0v) is 5.46. The van der Waals surface area contributed by atoms with E-state index in [0.29, 0.717) is 12.8 Å². The molecule has 3 nitrogen and oxygen atoms in total. The Morgan fingerprint density at radius 2 is 2.44 bits per heavy atom. The molecule has 0 saturated carbocycles. The molecule has 9 heavy (non-hydrogen) atoms. The van der Waals surface area contributed by atoms with Gasteiger partial charge in [-0.25, -0.2) is 4.79 Å². The second-order valence-electron chi connectivity index (χ2n) is 1.68. The summed E-state index contributed by atoms with van der Waals surface area (Å²) in [5.41, 5.74) is 0. The van der Waals surface area contributed by atoms with Gasteiger partial charge in [-0.3, -0.25) is 0 Å². The van der Waals surface area contributed by atoms with E-state index in [-0.39, 0.29) is 0 Å². The summed E-state index contributed by atoms with van der Waals surface area (Å²) in [5.74, 6) is -0.585. The second kappa shape index (κ2) is 4.32. The Hall–Kier alpha value is -0.570. The topological polar surface area (TPSA) is 46.5 Å². The molecule has 3 heteroatoms. The Kier molecular flexibility index (Phi) is 4.05. The third-order valence-electron chi connectivity index (χ3n) is 0.951. The predicted octanol–water partition coefficient (Wildman–Crippen LogP) is 0.135. The fourth-order valence-electron chi connectivity index (χ4n) is 0.447. The Balaban J connectivity index is 3.45. The molecule has 0 aliphatic carbocycles. The lowest BCUT2D eigenvalue weighted by molar-refractivity contribution is -0.150. The summed E-state index contributed by atoms with van der Waals surface area (Å²) in [7, 11) is 1.24. The number of hydrogen-bond acceptors (Lipinski definition) is 3. The molecule has 0 rings (SSSR count). The molecular weight excluding hydrogens is 120 g/mol. The largest absolute Gasteiger partial charge is 0.467 e. The molecule has 0 aliphatic rings. The van der Waals surface area contributed by atoms with Crippen LogP contribution >= 0.6 is 0 Å². The molecule has 1 unspecified atom stereocenters. The van der Waals surface area contributed by atoms with Gasteiger partial charge in [-0.05, 0) is 6.42 Å². The molecule has 0 amide bonds. The summed E-state index contributed by atoms with van der Waals surface area (Å²) in [4.78, 5) is 10.4. The lowest BCUT2D eigenvalue weighted by Crippen LogP contribution is -2.20. The normalized spacial score (nSPS) is 12.8. The highest BCUT2D eigenvalue weighted by Crippen LogP contribution is 1.96. The number of rotatable bonds is 3. The van der Waals surface area contributed by atoms with Gasteiger partial charge in [0, 0.05) is 0 Å². The van der Waals surface area contributed by atoms with E-state index >= 15 is 0 Å². The summed E-state index contributed by atoms with van der Waals surface area (Å²) in [6, 6.07) is 0. The molecule has 0 spiro atoms. The van der Waals surface area contributed by atoms with Crippen LogP contribution in [0.15, 0.2) is 0 Å². The minimum Gasteiger partial charge on any atom is -0.467 e. The summed E-state index contributed by atoms with van der Waals surface area (Å²) in [6.07, 6.45) is -0.0874. The van der Waals surface area contributed by atoms with Crippen LogP contribution in [0.5, 0.6) is 0 Å². The maximum atomic E-state index is 10.4. The van der Waals surface area contributed by atoms with Crippen LogP contribution < -0.4 is 0 Å². The number of aliphatic hydroxyl groups excluding tert-OH is 1. The van der Waals surface area contributed by atoms with Crippen molar-refractivity contribution in [2.75, 3.05) is 7.11 Å². The van der Waals surface area contributed by atoms with E-state index in [1.54, 1.807) is 0 Å². The molecule has 53 valence electrons. The summed E-state index contributed by atoms with van der Waals surface area (Å²) < 4.78 is 4.25. The van der Waals surface area contributed by atoms with Crippen LogP contribution in [0.3, 0.4) is 0 Å². The Bertz CT molecular complexity index is 90.3. The zero-order chi connectivity index (χ0) is 7.28. The highest BCUT2D eigenvalue weighted by atomic mass is 16.5. The van der Waals surface area contributed by atoms with Crippen molar-refractivity contribution in [2.45, 2.75) is 18.9 Å². The van der Waals surface area contributed by atoms with Gasteiger partial charge in [0.25, 0.3) is 0 Å². The van der Waals surface area contributed by atoms with Gasteiger partial charge in [0.15, 0.2) is 6.10 Å². The Morgan fingerprint density at radius 3 is 2.78 bits per heavy atom. The van der Waals surface area contributed by atoms with Gasteiger partial charge >= 0.3 is 5.97 Å². The van der Waals surface area contributed by atoms with Crippen LogP contribution in [0.25, 0.3) is 0 Å².